The molecular weight excluding hydrogens is 390 g/mol. The number of benzene rings is 1. The Morgan fingerprint density at radius 3 is 2.65 bits per heavy atom. The molecule has 3 aromatic rings. The topological polar surface area (TPSA) is 67.5 Å². The Morgan fingerprint density at radius 1 is 1.16 bits per heavy atom. The first-order valence-electron chi connectivity index (χ1n) is 11.2. The molecule has 2 aliphatic rings. The van der Waals surface area contributed by atoms with Crippen LogP contribution in [-0.2, 0) is 11.3 Å². The zero-order valence-corrected chi connectivity index (χ0v) is 18.4. The van der Waals surface area contributed by atoms with Crippen molar-refractivity contribution in [3.05, 3.63) is 53.9 Å². The van der Waals surface area contributed by atoms with Crippen LogP contribution in [0.25, 0.3) is 11.1 Å². The van der Waals surface area contributed by atoms with Crippen molar-refractivity contribution in [3.8, 4) is 0 Å². The number of furan rings is 1. The van der Waals surface area contributed by atoms with E-state index in [1.807, 2.05) is 48.7 Å². The predicted molar refractivity (Wildman–Crippen MR) is 120 cm³/mol. The predicted octanol–water partition coefficient (Wildman–Crippen LogP) is 4.66. The minimum atomic E-state index is -1.05. The van der Waals surface area contributed by atoms with Gasteiger partial charge in [0.25, 0.3) is 5.91 Å². The molecule has 1 saturated carbocycles. The molecule has 3 heterocycles. The van der Waals surface area contributed by atoms with E-state index in [1.54, 1.807) is 17.2 Å². The van der Waals surface area contributed by atoms with Gasteiger partial charge in [0.1, 0.15) is 11.2 Å². The number of aryl methyl sites for hydroxylation is 1. The van der Waals surface area contributed by atoms with Gasteiger partial charge in [-0.15, -0.1) is 0 Å². The fourth-order valence-corrected chi connectivity index (χ4v) is 5.15. The van der Waals surface area contributed by atoms with Gasteiger partial charge in [0.2, 0.25) is 5.91 Å². The van der Waals surface area contributed by atoms with Crippen LogP contribution >= 0.6 is 0 Å². The molecule has 0 bridgehead atoms. The Kier molecular flexibility index (Phi) is 4.68. The number of aromatic nitrogens is 1. The lowest BCUT2D eigenvalue weighted by Crippen LogP contribution is -2.65. The third kappa shape index (κ3) is 3.16. The SMILES string of the molecule is Cc1ccccc1N1C(=O)c2cc3occc3n2C[C@]1(C)C(=O)NC1CCC(C)CC1. The zero-order valence-electron chi connectivity index (χ0n) is 18.4. The highest BCUT2D eigenvalue weighted by atomic mass is 16.3. The van der Waals surface area contributed by atoms with Gasteiger partial charge in [-0.05, 0) is 57.1 Å². The summed E-state index contributed by atoms with van der Waals surface area (Å²) in [6.45, 7) is 6.50. The lowest BCUT2D eigenvalue weighted by atomic mass is 9.86. The summed E-state index contributed by atoms with van der Waals surface area (Å²) in [6, 6.07) is 11.6. The standard InChI is InChI=1S/C25H29N3O3/c1-16-8-10-18(11-9-16)26-24(30)25(3)15-27-20-12-13-31-22(20)14-21(27)23(29)28(25)19-7-5-4-6-17(19)2/h4-7,12-14,16,18H,8-11,15H2,1-3H3,(H,26,30)/t16?,18?,25-/m1/s1. The van der Waals surface area contributed by atoms with E-state index in [2.05, 4.69) is 12.2 Å². The smallest absolute Gasteiger partial charge is 0.276 e. The molecule has 0 spiro atoms. The van der Waals surface area contributed by atoms with Crippen molar-refractivity contribution in [2.45, 2.75) is 64.6 Å². The highest BCUT2D eigenvalue weighted by Crippen LogP contribution is 2.37. The maximum atomic E-state index is 13.8. The van der Waals surface area contributed by atoms with Crippen LogP contribution in [0.5, 0.6) is 0 Å². The maximum absolute atomic E-state index is 13.8. The fourth-order valence-electron chi connectivity index (χ4n) is 5.15. The lowest BCUT2D eigenvalue weighted by Gasteiger charge is -2.45. The lowest BCUT2D eigenvalue weighted by molar-refractivity contribution is -0.127. The van der Waals surface area contributed by atoms with Gasteiger partial charge in [0.15, 0.2) is 5.58 Å². The van der Waals surface area contributed by atoms with Crippen LogP contribution in [0.2, 0.25) is 0 Å². The van der Waals surface area contributed by atoms with Gasteiger partial charge in [0.05, 0.1) is 18.3 Å². The van der Waals surface area contributed by atoms with Gasteiger partial charge in [-0.25, -0.2) is 0 Å². The van der Waals surface area contributed by atoms with E-state index in [0.717, 1.165) is 42.5 Å². The van der Waals surface area contributed by atoms with Gasteiger partial charge in [-0.1, -0.05) is 25.1 Å². The Morgan fingerprint density at radius 2 is 1.90 bits per heavy atom. The van der Waals surface area contributed by atoms with Crippen LogP contribution < -0.4 is 10.2 Å². The molecule has 6 heteroatoms. The van der Waals surface area contributed by atoms with E-state index >= 15 is 0 Å². The first kappa shape index (κ1) is 19.9. The molecule has 1 atom stereocenters. The molecule has 1 fully saturated rings. The summed E-state index contributed by atoms with van der Waals surface area (Å²) in [7, 11) is 0. The second kappa shape index (κ2) is 7.29. The minimum absolute atomic E-state index is 0.0975. The number of anilines is 1. The van der Waals surface area contributed by atoms with Crippen molar-refractivity contribution < 1.29 is 14.0 Å². The molecule has 2 amide bonds. The summed E-state index contributed by atoms with van der Waals surface area (Å²) in [5.41, 5.74) is 2.74. The van der Waals surface area contributed by atoms with E-state index < -0.39 is 5.54 Å². The summed E-state index contributed by atoms with van der Waals surface area (Å²) in [5.74, 6) is 0.432. The number of carbonyl (C=O) groups excluding carboxylic acids is 2. The molecular formula is C25H29N3O3. The average Bonchev–Trinajstić information content (AvgIpc) is 3.33. The first-order valence-corrected chi connectivity index (χ1v) is 11.2. The largest absolute Gasteiger partial charge is 0.463 e. The zero-order chi connectivity index (χ0) is 21.8. The minimum Gasteiger partial charge on any atom is -0.463 e. The monoisotopic (exact) mass is 419 g/mol. The van der Waals surface area contributed by atoms with Crippen LogP contribution in [0.15, 0.2) is 47.1 Å². The quantitative estimate of drug-likeness (QED) is 0.672. The van der Waals surface area contributed by atoms with Gasteiger partial charge >= 0.3 is 0 Å². The second-order valence-corrected chi connectivity index (χ2v) is 9.42. The number of nitrogens with one attached hydrogen (secondary N) is 1. The summed E-state index contributed by atoms with van der Waals surface area (Å²) in [5, 5.41) is 3.28. The molecule has 0 unspecified atom stereocenters. The number of carbonyl (C=O) groups is 2. The number of hydrogen-bond acceptors (Lipinski definition) is 3. The molecule has 5 rings (SSSR count). The Hall–Kier alpha value is -3.02. The molecule has 1 aliphatic carbocycles. The molecule has 1 aromatic carbocycles. The number of rotatable bonds is 3. The van der Waals surface area contributed by atoms with E-state index in [4.69, 9.17) is 4.42 Å². The maximum Gasteiger partial charge on any atom is 0.276 e. The van der Waals surface area contributed by atoms with Crippen LogP contribution in [0.4, 0.5) is 5.69 Å². The molecule has 162 valence electrons. The van der Waals surface area contributed by atoms with E-state index in [-0.39, 0.29) is 17.9 Å². The summed E-state index contributed by atoms with van der Waals surface area (Å²) in [6.07, 6.45) is 5.85. The van der Waals surface area contributed by atoms with Gasteiger partial charge in [-0.2, -0.15) is 0 Å². The molecule has 0 radical (unpaired) electrons. The number of para-hydroxylation sites is 1. The number of amides is 2. The van der Waals surface area contributed by atoms with Crippen LogP contribution in [0.3, 0.4) is 0 Å². The van der Waals surface area contributed by atoms with E-state index in [0.29, 0.717) is 23.7 Å². The molecule has 6 nitrogen and oxygen atoms in total. The van der Waals surface area contributed by atoms with Gasteiger partial charge in [-0.3, -0.25) is 14.5 Å². The third-order valence-electron chi connectivity index (χ3n) is 7.10. The van der Waals surface area contributed by atoms with Crippen molar-refractivity contribution in [3.63, 3.8) is 0 Å². The first-order chi connectivity index (χ1) is 14.9. The average molecular weight is 420 g/mol. The Bertz CT molecular complexity index is 1150. The second-order valence-electron chi connectivity index (χ2n) is 9.42. The van der Waals surface area contributed by atoms with Crippen LogP contribution in [0, 0.1) is 12.8 Å². The normalized spacial score (nSPS) is 26.2. The van der Waals surface area contributed by atoms with Crippen LogP contribution in [-0.4, -0.2) is 28.0 Å². The molecule has 1 N–H and O–H groups in total. The van der Waals surface area contributed by atoms with E-state index in [9.17, 15) is 9.59 Å². The highest BCUT2D eigenvalue weighted by molar-refractivity contribution is 6.14. The third-order valence-corrected chi connectivity index (χ3v) is 7.10. The molecule has 31 heavy (non-hydrogen) atoms. The Labute approximate surface area is 182 Å². The van der Waals surface area contributed by atoms with E-state index in [1.165, 1.54) is 0 Å². The van der Waals surface area contributed by atoms with Crippen LogP contribution in [0.1, 0.15) is 55.6 Å². The van der Waals surface area contributed by atoms with Gasteiger partial charge < -0.3 is 14.3 Å². The highest BCUT2D eigenvalue weighted by Gasteiger charge is 2.49. The van der Waals surface area contributed by atoms with Gasteiger partial charge in [0, 0.05) is 23.9 Å². The molecule has 2 aromatic heterocycles. The molecule has 1 aliphatic heterocycles. The summed E-state index contributed by atoms with van der Waals surface area (Å²) in [4.78, 5) is 29.2. The number of fused-ring (bicyclic) bond motifs is 3. The van der Waals surface area contributed by atoms with Crippen molar-refractivity contribution >= 4 is 28.6 Å². The Balaban J connectivity index is 1.58. The van der Waals surface area contributed by atoms with Crippen molar-refractivity contribution in [2.24, 2.45) is 5.92 Å². The number of nitrogens with zero attached hydrogens (tertiary/aromatic N) is 2. The van der Waals surface area contributed by atoms with Crippen molar-refractivity contribution in [1.82, 2.24) is 9.88 Å². The summed E-state index contributed by atoms with van der Waals surface area (Å²) >= 11 is 0. The molecule has 0 saturated heterocycles. The van der Waals surface area contributed by atoms with Crippen molar-refractivity contribution in [2.75, 3.05) is 4.90 Å². The number of hydrogen-bond donors (Lipinski definition) is 1. The van der Waals surface area contributed by atoms with Crippen molar-refractivity contribution in [1.29, 1.82) is 0 Å². The fraction of sp³-hybridized carbons (Fsp3) is 0.440. The summed E-state index contributed by atoms with van der Waals surface area (Å²) < 4.78 is 7.48.